The Kier molecular flexibility index (Phi) is 4.14. The summed E-state index contributed by atoms with van der Waals surface area (Å²) < 4.78 is 5.05. The second kappa shape index (κ2) is 5.63. The number of fused-ring (bicyclic) bond motifs is 1. The molecule has 0 saturated carbocycles. The third-order valence-corrected chi connectivity index (χ3v) is 3.73. The first-order chi connectivity index (χ1) is 8.70. The van der Waals surface area contributed by atoms with E-state index in [0.29, 0.717) is 19.3 Å². The molecule has 0 spiro atoms. The maximum Gasteiger partial charge on any atom is 0.233 e. The second-order valence-corrected chi connectivity index (χ2v) is 4.82. The van der Waals surface area contributed by atoms with Gasteiger partial charge in [0, 0.05) is 13.7 Å². The van der Waals surface area contributed by atoms with E-state index in [9.17, 15) is 9.59 Å². The first-order valence-electron chi connectivity index (χ1n) is 6.32. The molecule has 0 aromatic carbocycles. The van der Waals surface area contributed by atoms with E-state index in [1.165, 1.54) is 12.0 Å². The van der Waals surface area contributed by atoms with Crippen LogP contribution >= 0.6 is 0 Å². The number of methoxy groups -OCH3 is 1. The third-order valence-electron chi connectivity index (χ3n) is 3.73. The van der Waals surface area contributed by atoms with Crippen molar-refractivity contribution in [3.63, 3.8) is 0 Å². The SMILES string of the molecule is COCC(CCO)N1C(=O)[C@H]2CC=CC[C@H]2C1=O. The Morgan fingerprint density at radius 2 is 1.89 bits per heavy atom. The zero-order chi connectivity index (χ0) is 13.1. The van der Waals surface area contributed by atoms with Crippen LogP contribution in [-0.2, 0) is 14.3 Å². The Morgan fingerprint density at radius 3 is 2.33 bits per heavy atom. The second-order valence-electron chi connectivity index (χ2n) is 4.82. The van der Waals surface area contributed by atoms with E-state index in [1.54, 1.807) is 0 Å². The summed E-state index contributed by atoms with van der Waals surface area (Å²) in [5.74, 6) is -0.629. The molecule has 0 aromatic heterocycles. The smallest absolute Gasteiger partial charge is 0.233 e. The zero-order valence-electron chi connectivity index (χ0n) is 10.5. The fourth-order valence-corrected chi connectivity index (χ4v) is 2.81. The number of carbonyl (C=O) groups excluding carboxylic acids is 2. The highest BCUT2D eigenvalue weighted by Gasteiger charge is 2.49. The number of imide groups is 1. The van der Waals surface area contributed by atoms with Gasteiger partial charge in [0.15, 0.2) is 0 Å². The standard InChI is InChI=1S/C13H19NO4/c1-18-8-9(6-7-15)14-12(16)10-4-2-3-5-11(10)13(14)17/h2-3,9-11,15H,4-8H2,1H3/t9?,10-,11+. The summed E-state index contributed by atoms with van der Waals surface area (Å²) in [5.41, 5.74) is 0. The lowest BCUT2D eigenvalue weighted by molar-refractivity contribution is -0.144. The number of aliphatic hydroxyl groups is 1. The van der Waals surface area contributed by atoms with Crippen LogP contribution in [0.25, 0.3) is 0 Å². The molecule has 1 aliphatic carbocycles. The summed E-state index contributed by atoms with van der Waals surface area (Å²) in [5, 5.41) is 9.04. The highest BCUT2D eigenvalue weighted by Crippen LogP contribution is 2.36. The van der Waals surface area contributed by atoms with E-state index < -0.39 is 0 Å². The fraction of sp³-hybridized carbons (Fsp3) is 0.692. The van der Waals surface area contributed by atoms with Gasteiger partial charge in [-0.3, -0.25) is 14.5 Å². The van der Waals surface area contributed by atoms with Gasteiger partial charge in [-0.1, -0.05) is 12.2 Å². The third kappa shape index (κ3) is 2.20. The van der Waals surface area contributed by atoms with Gasteiger partial charge in [-0.05, 0) is 19.3 Å². The van der Waals surface area contributed by atoms with Crippen molar-refractivity contribution in [1.82, 2.24) is 4.90 Å². The van der Waals surface area contributed by atoms with Crippen LogP contribution in [0.15, 0.2) is 12.2 Å². The summed E-state index contributed by atoms with van der Waals surface area (Å²) in [7, 11) is 1.53. The topological polar surface area (TPSA) is 66.8 Å². The molecule has 1 saturated heterocycles. The Bertz CT molecular complexity index is 334. The highest BCUT2D eigenvalue weighted by molar-refractivity contribution is 6.05. The number of nitrogens with zero attached hydrogens (tertiary/aromatic N) is 1. The van der Waals surface area contributed by atoms with Crippen molar-refractivity contribution in [2.24, 2.45) is 11.8 Å². The predicted octanol–water partition coefficient (Wildman–Crippen LogP) is 0.335. The van der Waals surface area contributed by atoms with Gasteiger partial charge in [-0.15, -0.1) is 0 Å². The van der Waals surface area contributed by atoms with Gasteiger partial charge >= 0.3 is 0 Å². The van der Waals surface area contributed by atoms with Crippen LogP contribution in [0, 0.1) is 11.8 Å². The van der Waals surface area contributed by atoms with Gasteiger partial charge < -0.3 is 9.84 Å². The fourth-order valence-electron chi connectivity index (χ4n) is 2.81. The molecule has 0 bridgehead atoms. The summed E-state index contributed by atoms with van der Waals surface area (Å²) >= 11 is 0. The minimum Gasteiger partial charge on any atom is -0.396 e. The molecule has 2 aliphatic rings. The van der Waals surface area contributed by atoms with Crippen molar-refractivity contribution >= 4 is 11.8 Å². The molecule has 1 unspecified atom stereocenters. The summed E-state index contributed by atoms with van der Waals surface area (Å²) in [6, 6.07) is -0.342. The molecule has 5 nitrogen and oxygen atoms in total. The normalized spacial score (nSPS) is 28.7. The molecule has 18 heavy (non-hydrogen) atoms. The summed E-state index contributed by atoms with van der Waals surface area (Å²) in [6.45, 7) is 0.226. The Labute approximate surface area is 106 Å². The van der Waals surface area contributed by atoms with E-state index in [-0.39, 0.29) is 42.9 Å². The maximum absolute atomic E-state index is 12.3. The number of rotatable bonds is 5. The minimum atomic E-state index is -0.342. The van der Waals surface area contributed by atoms with Gasteiger partial charge in [-0.2, -0.15) is 0 Å². The van der Waals surface area contributed by atoms with Crippen molar-refractivity contribution in [1.29, 1.82) is 0 Å². The number of aliphatic hydroxyl groups excluding tert-OH is 1. The van der Waals surface area contributed by atoms with Gasteiger partial charge in [0.2, 0.25) is 11.8 Å². The van der Waals surface area contributed by atoms with Gasteiger partial charge in [0.05, 0.1) is 24.5 Å². The van der Waals surface area contributed by atoms with Crippen LogP contribution in [0.2, 0.25) is 0 Å². The first-order valence-corrected chi connectivity index (χ1v) is 6.32. The molecular weight excluding hydrogens is 234 g/mol. The molecule has 2 amide bonds. The lowest BCUT2D eigenvalue weighted by atomic mass is 9.85. The molecule has 1 aliphatic heterocycles. The lowest BCUT2D eigenvalue weighted by Crippen LogP contribution is -2.43. The molecule has 1 heterocycles. The quantitative estimate of drug-likeness (QED) is 0.566. The van der Waals surface area contributed by atoms with Crippen LogP contribution in [0.5, 0.6) is 0 Å². The summed E-state index contributed by atoms with van der Waals surface area (Å²) in [4.78, 5) is 25.9. The van der Waals surface area contributed by atoms with Gasteiger partial charge in [0.25, 0.3) is 0 Å². The van der Waals surface area contributed by atoms with E-state index in [4.69, 9.17) is 9.84 Å². The Morgan fingerprint density at radius 1 is 1.33 bits per heavy atom. The predicted molar refractivity (Wildman–Crippen MR) is 64.6 cm³/mol. The molecule has 5 heteroatoms. The van der Waals surface area contributed by atoms with E-state index in [2.05, 4.69) is 0 Å². The number of hydrogen-bond donors (Lipinski definition) is 1. The van der Waals surface area contributed by atoms with Crippen LogP contribution in [0.4, 0.5) is 0 Å². The van der Waals surface area contributed by atoms with Crippen molar-refractivity contribution in [2.75, 3.05) is 20.3 Å². The Hall–Kier alpha value is -1.20. The van der Waals surface area contributed by atoms with Crippen LogP contribution in [0.3, 0.4) is 0 Å². The van der Waals surface area contributed by atoms with Crippen molar-refractivity contribution < 1.29 is 19.4 Å². The minimum absolute atomic E-state index is 0.0569. The average Bonchev–Trinajstić information content (AvgIpc) is 2.63. The van der Waals surface area contributed by atoms with E-state index in [1.807, 2.05) is 12.2 Å². The number of likely N-dealkylation sites (tertiary alicyclic amines) is 1. The highest BCUT2D eigenvalue weighted by atomic mass is 16.5. The summed E-state index contributed by atoms with van der Waals surface area (Å²) in [6.07, 6.45) is 5.59. The molecule has 1 N–H and O–H groups in total. The number of carbonyl (C=O) groups is 2. The average molecular weight is 253 g/mol. The molecule has 0 aromatic rings. The number of amides is 2. The van der Waals surface area contributed by atoms with E-state index >= 15 is 0 Å². The number of hydrogen-bond acceptors (Lipinski definition) is 4. The maximum atomic E-state index is 12.3. The van der Waals surface area contributed by atoms with Crippen molar-refractivity contribution in [3.05, 3.63) is 12.2 Å². The molecule has 1 fully saturated rings. The molecule has 0 radical (unpaired) electrons. The van der Waals surface area contributed by atoms with Crippen LogP contribution < -0.4 is 0 Å². The van der Waals surface area contributed by atoms with Crippen LogP contribution in [-0.4, -0.2) is 48.2 Å². The number of allylic oxidation sites excluding steroid dienone is 2. The van der Waals surface area contributed by atoms with E-state index in [0.717, 1.165) is 0 Å². The number of ether oxygens (including phenoxy) is 1. The lowest BCUT2D eigenvalue weighted by Gasteiger charge is -2.25. The van der Waals surface area contributed by atoms with Gasteiger partial charge in [0.1, 0.15) is 0 Å². The van der Waals surface area contributed by atoms with Crippen LogP contribution in [0.1, 0.15) is 19.3 Å². The Balaban J connectivity index is 2.17. The molecule has 2 rings (SSSR count). The molecule has 100 valence electrons. The van der Waals surface area contributed by atoms with Crippen molar-refractivity contribution in [3.8, 4) is 0 Å². The monoisotopic (exact) mass is 253 g/mol. The molecule has 3 atom stereocenters. The largest absolute Gasteiger partial charge is 0.396 e. The van der Waals surface area contributed by atoms with Crippen molar-refractivity contribution in [2.45, 2.75) is 25.3 Å². The van der Waals surface area contributed by atoms with Gasteiger partial charge in [-0.25, -0.2) is 0 Å². The first kappa shape index (κ1) is 13.2. The molecular formula is C13H19NO4. The zero-order valence-corrected chi connectivity index (χ0v) is 10.5.